The number of halogens is 1. The van der Waals surface area contributed by atoms with E-state index in [4.69, 9.17) is 11.6 Å². The molecule has 2 atom stereocenters. The molecule has 0 saturated carbocycles. The number of rotatable bonds is 2. The molecule has 2 unspecified atom stereocenters. The van der Waals surface area contributed by atoms with Gasteiger partial charge in [0.2, 0.25) is 0 Å². The van der Waals surface area contributed by atoms with E-state index >= 15 is 0 Å². The molecule has 0 aliphatic carbocycles. The molecule has 1 aliphatic rings. The third-order valence-corrected chi connectivity index (χ3v) is 3.78. The van der Waals surface area contributed by atoms with E-state index in [0.29, 0.717) is 12.1 Å². The monoisotopic (exact) mass is 252 g/mol. The smallest absolute Gasteiger partial charge is 0.0406 e. The molecule has 1 aromatic rings. The Morgan fingerprint density at radius 1 is 1.35 bits per heavy atom. The summed E-state index contributed by atoms with van der Waals surface area (Å²) in [5.74, 6) is 0. The van der Waals surface area contributed by atoms with Gasteiger partial charge in [-0.05, 0) is 44.5 Å². The van der Waals surface area contributed by atoms with Crippen molar-refractivity contribution in [3.63, 3.8) is 0 Å². The molecule has 94 valence electrons. The molecule has 0 radical (unpaired) electrons. The summed E-state index contributed by atoms with van der Waals surface area (Å²) in [7, 11) is 0. The van der Waals surface area contributed by atoms with Gasteiger partial charge in [-0.2, -0.15) is 0 Å². The van der Waals surface area contributed by atoms with Crippen LogP contribution in [0.15, 0.2) is 24.3 Å². The van der Waals surface area contributed by atoms with Crippen molar-refractivity contribution in [1.29, 1.82) is 0 Å². The maximum Gasteiger partial charge on any atom is 0.0406 e. The summed E-state index contributed by atoms with van der Waals surface area (Å²) in [6.07, 6.45) is 1.22. The van der Waals surface area contributed by atoms with E-state index < -0.39 is 0 Å². The van der Waals surface area contributed by atoms with E-state index in [1.807, 2.05) is 12.1 Å². The summed E-state index contributed by atoms with van der Waals surface area (Å²) >= 11 is 5.93. The largest absolute Gasteiger partial charge is 0.313 e. The second-order valence-corrected chi connectivity index (χ2v) is 5.37. The molecule has 1 aliphatic heterocycles. The Labute approximate surface area is 109 Å². The lowest BCUT2D eigenvalue weighted by molar-refractivity contribution is 0.210. The first-order chi connectivity index (χ1) is 8.16. The minimum atomic E-state index is 0.467. The standard InChI is InChI=1S/C14H21ClN2/c1-11-10-17(9-3-8-16-11)12(2)13-4-6-14(15)7-5-13/h4-7,11-12,16H,3,8-10H2,1-2H3. The molecule has 3 heteroatoms. The van der Waals surface area contributed by atoms with Crippen LogP contribution < -0.4 is 5.32 Å². The zero-order valence-electron chi connectivity index (χ0n) is 10.6. The van der Waals surface area contributed by atoms with Gasteiger partial charge in [0.15, 0.2) is 0 Å². The molecular formula is C14H21ClN2. The molecule has 1 saturated heterocycles. The summed E-state index contributed by atoms with van der Waals surface area (Å²) in [6, 6.07) is 9.27. The quantitative estimate of drug-likeness (QED) is 0.870. The van der Waals surface area contributed by atoms with Crippen molar-refractivity contribution in [2.24, 2.45) is 0 Å². The zero-order valence-corrected chi connectivity index (χ0v) is 11.4. The van der Waals surface area contributed by atoms with Crippen molar-refractivity contribution in [2.75, 3.05) is 19.6 Å². The van der Waals surface area contributed by atoms with Gasteiger partial charge in [-0.1, -0.05) is 23.7 Å². The summed E-state index contributed by atoms with van der Waals surface area (Å²) in [6.45, 7) is 7.95. The Morgan fingerprint density at radius 3 is 2.76 bits per heavy atom. The molecule has 0 spiro atoms. The van der Waals surface area contributed by atoms with E-state index in [9.17, 15) is 0 Å². The molecule has 0 bridgehead atoms. The lowest BCUT2D eigenvalue weighted by atomic mass is 10.1. The highest BCUT2D eigenvalue weighted by atomic mass is 35.5. The summed E-state index contributed by atoms with van der Waals surface area (Å²) in [5.41, 5.74) is 1.35. The van der Waals surface area contributed by atoms with Gasteiger partial charge in [-0.15, -0.1) is 0 Å². The fraction of sp³-hybridized carbons (Fsp3) is 0.571. The number of benzene rings is 1. The van der Waals surface area contributed by atoms with Gasteiger partial charge in [-0.3, -0.25) is 4.90 Å². The number of nitrogens with zero attached hydrogens (tertiary/aromatic N) is 1. The maximum atomic E-state index is 5.93. The normalized spacial score (nSPS) is 24.3. The zero-order chi connectivity index (χ0) is 12.3. The second kappa shape index (κ2) is 5.85. The first kappa shape index (κ1) is 12.9. The van der Waals surface area contributed by atoms with E-state index in [1.165, 1.54) is 18.5 Å². The number of hydrogen-bond donors (Lipinski definition) is 1. The Kier molecular flexibility index (Phi) is 4.43. The lowest BCUT2D eigenvalue weighted by Crippen LogP contribution is -2.36. The number of hydrogen-bond acceptors (Lipinski definition) is 2. The maximum absolute atomic E-state index is 5.93. The molecule has 2 nitrogen and oxygen atoms in total. The molecule has 2 rings (SSSR count). The SMILES string of the molecule is CC1CN(C(C)c2ccc(Cl)cc2)CCCN1. The van der Waals surface area contributed by atoms with Gasteiger partial charge < -0.3 is 5.32 Å². The van der Waals surface area contributed by atoms with Crippen LogP contribution in [0.4, 0.5) is 0 Å². The number of nitrogens with one attached hydrogen (secondary N) is 1. The summed E-state index contributed by atoms with van der Waals surface area (Å²) < 4.78 is 0. The Hall–Kier alpha value is -0.570. The van der Waals surface area contributed by atoms with Crippen molar-refractivity contribution in [1.82, 2.24) is 10.2 Å². The van der Waals surface area contributed by atoms with Crippen LogP contribution in [0.2, 0.25) is 5.02 Å². The first-order valence-corrected chi connectivity index (χ1v) is 6.77. The Morgan fingerprint density at radius 2 is 2.06 bits per heavy atom. The highest BCUT2D eigenvalue weighted by molar-refractivity contribution is 6.30. The van der Waals surface area contributed by atoms with Crippen molar-refractivity contribution in [2.45, 2.75) is 32.4 Å². The minimum absolute atomic E-state index is 0.467. The van der Waals surface area contributed by atoms with E-state index in [0.717, 1.165) is 18.1 Å². The van der Waals surface area contributed by atoms with Gasteiger partial charge in [0.1, 0.15) is 0 Å². The van der Waals surface area contributed by atoms with Gasteiger partial charge in [0.05, 0.1) is 0 Å². The van der Waals surface area contributed by atoms with Crippen LogP contribution in [0.5, 0.6) is 0 Å². The predicted molar refractivity (Wildman–Crippen MR) is 73.5 cm³/mol. The van der Waals surface area contributed by atoms with Gasteiger partial charge >= 0.3 is 0 Å². The first-order valence-electron chi connectivity index (χ1n) is 6.39. The van der Waals surface area contributed by atoms with Crippen LogP contribution in [-0.4, -0.2) is 30.6 Å². The third-order valence-electron chi connectivity index (χ3n) is 3.52. The van der Waals surface area contributed by atoms with E-state index in [1.54, 1.807) is 0 Å². The fourth-order valence-corrected chi connectivity index (χ4v) is 2.57. The van der Waals surface area contributed by atoms with E-state index in [-0.39, 0.29) is 0 Å². The molecule has 0 amide bonds. The van der Waals surface area contributed by atoms with Crippen LogP contribution in [0.25, 0.3) is 0 Å². The lowest BCUT2D eigenvalue weighted by Gasteiger charge is -2.29. The van der Waals surface area contributed by atoms with Gasteiger partial charge in [0.25, 0.3) is 0 Å². The Bertz CT molecular complexity index is 350. The van der Waals surface area contributed by atoms with Crippen molar-refractivity contribution in [3.05, 3.63) is 34.9 Å². The molecule has 1 N–H and O–H groups in total. The average Bonchev–Trinajstić information content (AvgIpc) is 2.54. The molecule has 1 heterocycles. The minimum Gasteiger partial charge on any atom is -0.313 e. The van der Waals surface area contributed by atoms with Crippen LogP contribution in [-0.2, 0) is 0 Å². The Balaban J connectivity index is 2.07. The van der Waals surface area contributed by atoms with E-state index in [2.05, 4.69) is 36.2 Å². The van der Waals surface area contributed by atoms with Crippen LogP contribution in [0.3, 0.4) is 0 Å². The molecule has 0 aromatic heterocycles. The van der Waals surface area contributed by atoms with Gasteiger partial charge in [-0.25, -0.2) is 0 Å². The molecular weight excluding hydrogens is 232 g/mol. The second-order valence-electron chi connectivity index (χ2n) is 4.93. The molecule has 1 fully saturated rings. The summed E-state index contributed by atoms with van der Waals surface area (Å²) in [4.78, 5) is 2.55. The van der Waals surface area contributed by atoms with Crippen molar-refractivity contribution < 1.29 is 0 Å². The predicted octanol–water partition coefficient (Wildman–Crippen LogP) is 3.08. The fourth-order valence-electron chi connectivity index (χ4n) is 2.44. The van der Waals surface area contributed by atoms with Gasteiger partial charge in [0, 0.05) is 30.2 Å². The third kappa shape index (κ3) is 3.44. The van der Waals surface area contributed by atoms with Crippen molar-refractivity contribution in [3.8, 4) is 0 Å². The van der Waals surface area contributed by atoms with Crippen LogP contribution in [0.1, 0.15) is 31.9 Å². The van der Waals surface area contributed by atoms with Crippen LogP contribution in [0, 0.1) is 0 Å². The highest BCUT2D eigenvalue weighted by Gasteiger charge is 2.19. The topological polar surface area (TPSA) is 15.3 Å². The van der Waals surface area contributed by atoms with Crippen molar-refractivity contribution >= 4 is 11.6 Å². The summed E-state index contributed by atoms with van der Waals surface area (Å²) in [5, 5.41) is 4.34. The average molecular weight is 253 g/mol. The van der Waals surface area contributed by atoms with Crippen LogP contribution >= 0.6 is 11.6 Å². The molecule has 1 aromatic carbocycles. The molecule has 17 heavy (non-hydrogen) atoms. The highest BCUT2D eigenvalue weighted by Crippen LogP contribution is 2.23.